The van der Waals surface area contributed by atoms with Crippen LogP contribution in [0.3, 0.4) is 0 Å². The van der Waals surface area contributed by atoms with E-state index in [-0.39, 0.29) is 0 Å². The summed E-state index contributed by atoms with van der Waals surface area (Å²) < 4.78 is 5.03. The van der Waals surface area contributed by atoms with Crippen LogP contribution < -0.4 is 0 Å². The van der Waals surface area contributed by atoms with E-state index >= 15 is 0 Å². The number of para-hydroxylation sites is 2. The van der Waals surface area contributed by atoms with Gasteiger partial charge >= 0.3 is 0 Å². The minimum Gasteiger partial charge on any atom is -0.309 e. The molecule has 0 amide bonds. The summed E-state index contributed by atoms with van der Waals surface area (Å²) >= 11 is 1.90. The van der Waals surface area contributed by atoms with Crippen LogP contribution in [0.1, 0.15) is 0 Å². The molecule has 4 heteroatoms. The van der Waals surface area contributed by atoms with Crippen molar-refractivity contribution >= 4 is 53.3 Å². The number of thiophene rings is 1. The number of benzene rings is 7. The van der Waals surface area contributed by atoms with Crippen LogP contribution in [-0.2, 0) is 0 Å². The summed E-state index contributed by atoms with van der Waals surface area (Å²) in [5.41, 5.74) is 11.0. The SMILES string of the molecule is c1ccc(-c2cc(-c3ccc(-c4cccc5c4sc4c5ccc5c4c4ccccc4n5-c4ccccc4)cc3)nc(-c3ccccc3)n2)cc1. The van der Waals surface area contributed by atoms with Crippen LogP contribution in [0.15, 0.2) is 176 Å². The predicted octanol–water partition coefficient (Wildman–Crippen LogP) is 12.6. The van der Waals surface area contributed by atoms with Gasteiger partial charge in [0.1, 0.15) is 0 Å². The molecule has 0 aliphatic carbocycles. The third-order valence-corrected chi connectivity index (χ3v) is 10.9. The summed E-state index contributed by atoms with van der Waals surface area (Å²) in [7, 11) is 0. The van der Waals surface area contributed by atoms with Crippen molar-refractivity contribution in [2.24, 2.45) is 0 Å². The van der Waals surface area contributed by atoms with Crippen LogP contribution in [0, 0.1) is 0 Å². The van der Waals surface area contributed by atoms with Gasteiger partial charge in [0.05, 0.1) is 22.4 Å². The number of rotatable bonds is 5. The third kappa shape index (κ3) is 4.65. The van der Waals surface area contributed by atoms with Crippen molar-refractivity contribution in [1.82, 2.24) is 14.5 Å². The zero-order valence-electron chi connectivity index (χ0n) is 27.0. The summed E-state index contributed by atoms with van der Waals surface area (Å²) in [6, 6.07) is 62.3. The Labute approximate surface area is 293 Å². The van der Waals surface area contributed by atoms with E-state index in [1.165, 1.54) is 58.8 Å². The maximum absolute atomic E-state index is 5.05. The van der Waals surface area contributed by atoms with Gasteiger partial charge in [-0.15, -0.1) is 11.3 Å². The van der Waals surface area contributed by atoms with Crippen molar-refractivity contribution in [3.63, 3.8) is 0 Å². The Bertz CT molecular complexity index is 2780. The number of fused-ring (bicyclic) bond motifs is 7. The van der Waals surface area contributed by atoms with Gasteiger partial charge in [0.25, 0.3) is 0 Å². The predicted molar refractivity (Wildman–Crippen MR) is 211 cm³/mol. The number of hydrogen-bond donors (Lipinski definition) is 0. The number of nitrogens with zero attached hydrogens (tertiary/aromatic N) is 3. The summed E-state index contributed by atoms with van der Waals surface area (Å²) in [6.45, 7) is 0. The van der Waals surface area contributed by atoms with Crippen molar-refractivity contribution in [1.29, 1.82) is 0 Å². The Kier molecular flexibility index (Phi) is 6.68. The van der Waals surface area contributed by atoms with Crippen molar-refractivity contribution in [3.05, 3.63) is 176 Å². The molecule has 0 atom stereocenters. The lowest BCUT2D eigenvalue weighted by atomic mass is 9.99. The van der Waals surface area contributed by atoms with Crippen LogP contribution in [0.4, 0.5) is 0 Å². The average molecular weight is 656 g/mol. The van der Waals surface area contributed by atoms with Crippen LogP contribution >= 0.6 is 11.3 Å². The highest BCUT2D eigenvalue weighted by molar-refractivity contribution is 7.27. The molecule has 0 N–H and O–H groups in total. The molecule has 0 saturated carbocycles. The minimum absolute atomic E-state index is 0.723. The summed E-state index contributed by atoms with van der Waals surface area (Å²) in [5, 5.41) is 5.19. The highest BCUT2D eigenvalue weighted by Gasteiger charge is 2.19. The van der Waals surface area contributed by atoms with Gasteiger partial charge in [-0.2, -0.15) is 0 Å². The first kappa shape index (κ1) is 28.6. The fourth-order valence-corrected chi connectivity index (χ4v) is 8.67. The van der Waals surface area contributed by atoms with Crippen molar-refractivity contribution in [3.8, 4) is 50.7 Å². The molecule has 0 unspecified atom stereocenters. The first-order chi connectivity index (χ1) is 24.8. The molecule has 10 rings (SSSR count). The Morgan fingerprint density at radius 2 is 0.980 bits per heavy atom. The lowest BCUT2D eigenvalue weighted by Crippen LogP contribution is -1.95. The normalized spacial score (nSPS) is 11.6. The lowest BCUT2D eigenvalue weighted by Gasteiger charge is -2.10. The molecule has 0 radical (unpaired) electrons. The summed E-state index contributed by atoms with van der Waals surface area (Å²) in [6.07, 6.45) is 0. The molecule has 234 valence electrons. The maximum atomic E-state index is 5.05. The standard InChI is InChI=1S/C46H29N3S/c1-4-13-31(14-5-1)39-29-40(48-46(47-39)33-15-6-2-7-16-33)32-25-23-30(24-26-32)35-20-12-21-36-37-27-28-42-43(45(37)50-44(35)36)38-19-10-11-22-41(38)49(42)34-17-8-3-9-18-34/h1-29H. The Hall–Kier alpha value is -6.36. The Balaban J connectivity index is 1.11. The highest BCUT2D eigenvalue weighted by atomic mass is 32.1. The Morgan fingerprint density at radius 3 is 1.72 bits per heavy atom. The van der Waals surface area contributed by atoms with Crippen LogP contribution in [-0.4, -0.2) is 14.5 Å². The molecule has 0 bridgehead atoms. The second-order valence-corrected chi connectivity index (χ2v) is 13.6. The highest BCUT2D eigenvalue weighted by Crippen LogP contribution is 2.46. The molecule has 0 saturated heterocycles. The van der Waals surface area contributed by atoms with E-state index in [4.69, 9.17) is 9.97 Å². The molecule has 0 fully saturated rings. The van der Waals surface area contributed by atoms with E-state index in [1.807, 2.05) is 35.6 Å². The van der Waals surface area contributed by atoms with Gasteiger partial charge in [-0.05, 0) is 41.5 Å². The zero-order chi connectivity index (χ0) is 33.0. The summed E-state index contributed by atoms with van der Waals surface area (Å²) in [4.78, 5) is 10.0. The van der Waals surface area contributed by atoms with E-state index in [0.717, 1.165) is 33.9 Å². The van der Waals surface area contributed by atoms with Crippen molar-refractivity contribution in [2.75, 3.05) is 0 Å². The fourth-order valence-electron chi connectivity index (χ4n) is 7.28. The first-order valence-electron chi connectivity index (χ1n) is 16.8. The number of aromatic nitrogens is 3. The molecule has 10 aromatic rings. The zero-order valence-corrected chi connectivity index (χ0v) is 27.8. The molecular formula is C46H29N3S. The first-order valence-corrected chi connectivity index (χ1v) is 17.7. The van der Waals surface area contributed by atoms with Gasteiger partial charge in [-0.25, -0.2) is 9.97 Å². The molecule has 3 heterocycles. The van der Waals surface area contributed by atoms with Gasteiger partial charge in [-0.1, -0.05) is 146 Å². The van der Waals surface area contributed by atoms with E-state index in [1.54, 1.807) is 0 Å². The van der Waals surface area contributed by atoms with E-state index in [0.29, 0.717) is 0 Å². The average Bonchev–Trinajstić information content (AvgIpc) is 3.75. The van der Waals surface area contributed by atoms with Gasteiger partial charge in [-0.3, -0.25) is 0 Å². The topological polar surface area (TPSA) is 30.7 Å². The smallest absolute Gasteiger partial charge is 0.160 e. The molecule has 0 aliphatic rings. The van der Waals surface area contributed by atoms with Crippen LogP contribution in [0.2, 0.25) is 0 Å². The number of hydrogen-bond acceptors (Lipinski definition) is 3. The van der Waals surface area contributed by atoms with Crippen LogP contribution in [0.5, 0.6) is 0 Å². The molecule has 0 aliphatic heterocycles. The van der Waals surface area contributed by atoms with E-state index in [2.05, 4.69) is 156 Å². The lowest BCUT2D eigenvalue weighted by molar-refractivity contribution is 1.18. The molecular weight excluding hydrogens is 627 g/mol. The van der Waals surface area contributed by atoms with Gasteiger partial charge in [0.2, 0.25) is 0 Å². The van der Waals surface area contributed by atoms with Crippen molar-refractivity contribution < 1.29 is 0 Å². The quantitative estimate of drug-likeness (QED) is 0.185. The van der Waals surface area contributed by atoms with E-state index < -0.39 is 0 Å². The maximum Gasteiger partial charge on any atom is 0.160 e. The van der Waals surface area contributed by atoms with Crippen molar-refractivity contribution in [2.45, 2.75) is 0 Å². The largest absolute Gasteiger partial charge is 0.309 e. The van der Waals surface area contributed by atoms with E-state index in [9.17, 15) is 0 Å². The second kappa shape index (κ2) is 11.7. The molecule has 3 aromatic heterocycles. The third-order valence-electron chi connectivity index (χ3n) is 9.63. The molecule has 3 nitrogen and oxygen atoms in total. The van der Waals surface area contributed by atoms with Gasteiger partial charge in [0.15, 0.2) is 5.82 Å². The van der Waals surface area contributed by atoms with Crippen LogP contribution in [0.25, 0.3) is 92.7 Å². The minimum atomic E-state index is 0.723. The second-order valence-electron chi connectivity index (χ2n) is 12.6. The van der Waals surface area contributed by atoms with Gasteiger partial charge in [0, 0.05) is 53.3 Å². The van der Waals surface area contributed by atoms with Gasteiger partial charge < -0.3 is 4.57 Å². The molecule has 50 heavy (non-hydrogen) atoms. The monoisotopic (exact) mass is 655 g/mol. The molecule has 0 spiro atoms. The summed E-state index contributed by atoms with van der Waals surface area (Å²) in [5.74, 6) is 0.723. The Morgan fingerprint density at radius 1 is 0.400 bits per heavy atom. The fraction of sp³-hybridized carbons (Fsp3) is 0. The molecule has 7 aromatic carbocycles.